The number of furan rings is 1. The van der Waals surface area contributed by atoms with Gasteiger partial charge in [-0.15, -0.1) is 11.8 Å². The molecule has 8 heteroatoms. The van der Waals surface area contributed by atoms with Crippen molar-refractivity contribution in [1.82, 2.24) is 16.2 Å². The number of aryl methyl sites for hydroxylation is 1. The third-order valence-corrected chi connectivity index (χ3v) is 3.93. The maximum atomic E-state index is 11.7. The molecule has 0 unspecified atom stereocenters. The van der Waals surface area contributed by atoms with Crippen LogP contribution in [0.1, 0.15) is 11.3 Å². The van der Waals surface area contributed by atoms with E-state index in [-0.39, 0.29) is 12.3 Å². The fourth-order valence-electron chi connectivity index (χ4n) is 1.66. The molecule has 0 saturated carbocycles. The Kier molecular flexibility index (Phi) is 6.44. The van der Waals surface area contributed by atoms with Crippen molar-refractivity contribution in [1.29, 1.82) is 0 Å². The van der Waals surface area contributed by atoms with E-state index in [4.69, 9.17) is 4.42 Å². The molecule has 0 spiro atoms. The summed E-state index contributed by atoms with van der Waals surface area (Å²) < 4.78 is 5.02. The van der Waals surface area contributed by atoms with Crippen molar-refractivity contribution >= 4 is 29.5 Å². The summed E-state index contributed by atoms with van der Waals surface area (Å²) >= 11 is 1.33. The van der Waals surface area contributed by atoms with E-state index in [9.17, 15) is 14.4 Å². The van der Waals surface area contributed by atoms with Crippen LogP contribution in [-0.2, 0) is 20.9 Å². The van der Waals surface area contributed by atoms with Crippen LogP contribution >= 0.6 is 11.8 Å². The van der Waals surface area contributed by atoms with Gasteiger partial charge >= 0.3 is 11.8 Å². The van der Waals surface area contributed by atoms with Gasteiger partial charge in [0, 0.05) is 4.90 Å². The zero-order valence-corrected chi connectivity index (χ0v) is 13.8. The van der Waals surface area contributed by atoms with Gasteiger partial charge in [-0.1, -0.05) is 17.7 Å². The van der Waals surface area contributed by atoms with Gasteiger partial charge in [0.15, 0.2) is 0 Å². The molecule has 1 aromatic carbocycles. The lowest BCUT2D eigenvalue weighted by Crippen LogP contribution is -2.48. The highest BCUT2D eigenvalue weighted by atomic mass is 32.2. The number of thioether (sulfide) groups is 1. The molecule has 2 aromatic rings. The average molecular weight is 347 g/mol. The van der Waals surface area contributed by atoms with E-state index < -0.39 is 17.7 Å². The first-order chi connectivity index (χ1) is 11.5. The first-order valence-electron chi connectivity index (χ1n) is 7.13. The first kappa shape index (κ1) is 17.6. The molecule has 2 rings (SSSR count). The molecule has 7 nitrogen and oxygen atoms in total. The van der Waals surface area contributed by atoms with Gasteiger partial charge < -0.3 is 9.73 Å². The van der Waals surface area contributed by atoms with Crippen molar-refractivity contribution in [2.24, 2.45) is 0 Å². The molecule has 24 heavy (non-hydrogen) atoms. The summed E-state index contributed by atoms with van der Waals surface area (Å²) in [5, 5.41) is 2.37. The van der Waals surface area contributed by atoms with Crippen LogP contribution in [0.25, 0.3) is 0 Å². The molecule has 0 atom stereocenters. The number of amides is 3. The number of hydrazine groups is 1. The van der Waals surface area contributed by atoms with Crippen LogP contribution in [0.4, 0.5) is 0 Å². The minimum atomic E-state index is -0.949. The van der Waals surface area contributed by atoms with E-state index in [1.165, 1.54) is 18.0 Å². The first-order valence-corrected chi connectivity index (χ1v) is 8.12. The Morgan fingerprint density at radius 1 is 1.04 bits per heavy atom. The molecule has 3 N–H and O–H groups in total. The monoisotopic (exact) mass is 347 g/mol. The van der Waals surface area contributed by atoms with Gasteiger partial charge in [0.1, 0.15) is 5.76 Å². The molecule has 3 amide bonds. The summed E-state index contributed by atoms with van der Waals surface area (Å²) in [6.07, 6.45) is 1.47. The maximum absolute atomic E-state index is 11.7. The fourth-order valence-corrected chi connectivity index (χ4v) is 2.36. The minimum absolute atomic E-state index is 0.0937. The standard InChI is InChI=1S/C16H17N3O4S/c1-11-4-6-13(7-5-11)24-10-14(20)18-19-16(22)15(21)17-9-12-3-2-8-23-12/h2-8H,9-10H2,1H3,(H,17,21)(H,18,20)(H,19,22). The summed E-state index contributed by atoms with van der Waals surface area (Å²) in [7, 11) is 0. The summed E-state index contributed by atoms with van der Waals surface area (Å²) in [4.78, 5) is 35.7. The summed E-state index contributed by atoms with van der Waals surface area (Å²) in [6, 6.07) is 11.1. The lowest BCUT2D eigenvalue weighted by Gasteiger charge is -2.07. The molecule has 0 radical (unpaired) electrons. The average Bonchev–Trinajstić information content (AvgIpc) is 3.10. The molecule has 0 aliphatic rings. The molecule has 1 aromatic heterocycles. The smallest absolute Gasteiger partial charge is 0.327 e. The van der Waals surface area contributed by atoms with E-state index in [1.807, 2.05) is 31.2 Å². The van der Waals surface area contributed by atoms with E-state index in [1.54, 1.807) is 12.1 Å². The van der Waals surface area contributed by atoms with Crippen molar-refractivity contribution in [3.05, 3.63) is 54.0 Å². The SMILES string of the molecule is Cc1ccc(SCC(=O)NNC(=O)C(=O)NCc2ccco2)cc1. The summed E-state index contributed by atoms with van der Waals surface area (Å²) in [5.41, 5.74) is 5.39. The lowest BCUT2D eigenvalue weighted by molar-refractivity contribution is -0.140. The molecule has 0 fully saturated rings. The van der Waals surface area contributed by atoms with Crippen molar-refractivity contribution in [2.75, 3.05) is 5.75 Å². The highest BCUT2D eigenvalue weighted by Gasteiger charge is 2.14. The number of carbonyl (C=O) groups excluding carboxylic acids is 3. The van der Waals surface area contributed by atoms with E-state index >= 15 is 0 Å². The Balaban J connectivity index is 1.65. The van der Waals surface area contributed by atoms with Crippen molar-refractivity contribution in [3.63, 3.8) is 0 Å². The number of benzene rings is 1. The fraction of sp³-hybridized carbons (Fsp3) is 0.188. The molecule has 0 bridgehead atoms. The van der Waals surface area contributed by atoms with E-state index in [0.717, 1.165) is 10.5 Å². The molecule has 0 aliphatic carbocycles. The van der Waals surface area contributed by atoms with Crippen LogP contribution in [0.15, 0.2) is 52.0 Å². The van der Waals surface area contributed by atoms with Crippen molar-refractivity contribution < 1.29 is 18.8 Å². The Bertz CT molecular complexity index is 699. The van der Waals surface area contributed by atoms with Crippen molar-refractivity contribution in [2.45, 2.75) is 18.4 Å². The Hall–Kier alpha value is -2.74. The summed E-state index contributed by atoms with van der Waals surface area (Å²) in [5.74, 6) is -1.58. The van der Waals surface area contributed by atoms with Crippen LogP contribution in [0.3, 0.4) is 0 Å². The van der Waals surface area contributed by atoms with Gasteiger partial charge in [0.2, 0.25) is 5.91 Å². The molecular formula is C16H17N3O4S. The second-order valence-electron chi connectivity index (χ2n) is 4.87. The Morgan fingerprint density at radius 3 is 2.46 bits per heavy atom. The molecular weight excluding hydrogens is 330 g/mol. The van der Waals surface area contributed by atoms with Crippen LogP contribution in [0, 0.1) is 6.92 Å². The highest BCUT2D eigenvalue weighted by Crippen LogP contribution is 2.17. The van der Waals surface area contributed by atoms with Crippen LogP contribution in [0.2, 0.25) is 0 Å². The van der Waals surface area contributed by atoms with Gasteiger partial charge in [0.25, 0.3) is 0 Å². The summed E-state index contributed by atoms with van der Waals surface area (Å²) in [6.45, 7) is 2.07. The van der Waals surface area contributed by atoms with Crippen LogP contribution in [0.5, 0.6) is 0 Å². The molecule has 0 aliphatic heterocycles. The number of rotatable bonds is 5. The number of hydrogen-bond acceptors (Lipinski definition) is 5. The predicted octanol–water partition coefficient (Wildman–Crippen LogP) is 1.14. The second-order valence-corrected chi connectivity index (χ2v) is 5.91. The van der Waals surface area contributed by atoms with E-state index in [0.29, 0.717) is 5.76 Å². The second kappa shape index (κ2) is 8.78. The largest absolute Gasteiger partial charge is 0.467 e. The van der Waals surface area contributed by atoms with Crippen LogP contribution in [-0.4, -0.2) is 23.5 Å². The zero-order chi connectivity index (χ0) is 17.4. The van der Waals surface area contributed by atoms with Gasteiger partial charge in [-0.25, -0.2) is 0 Å². The number of nitrogens with one attached hydrogen (secondary N) is 3. The van der Waals surface area contributed by atoms with Crippen molar-refractivity contribution in [3.8, 4) is 0 Å². The third-order valence-electron chi connectivity index (χ3n) is 2.92. The third kappa shape index (κ3) is 5.81. The van der Waals surface area contributed by atoms with Gasteiger partial charge in [-0.3, -0.25) is 25.2 Å². The quantitative estimate of drug-likeness (QED) is 0.428. The predicted molar refractivity (Wildman–Crippen MR) is 88.7 cm³/mol. The Labute approximate surface area is 143 Å². The normalized spacial score (nSPS) is 10.0. The zero-order valence-electron chi connectivity index (χ0n) is 13.0. The highest BCUT2D eigenvalue weighted by molar-refractivity contribution is 8.00. The van der Waals surface area contributed by atoms with E-state index in [2.05, 4.69) is 16.2 Å². The van der Waals surface area contributed by atoms with Gasteiger partial charge in [0.05, 0.1) is 18.6 Å². The maximum Gasteiger partial charge on any atom is 0.327 e. The van der Waals surface area contributed by atoms with Gasteiger partial charge in [-0.05, 0) is 31.2 Å². The molecule has 126 valence electrons. The van der Waals surface area contributed by atoms with Crippen LogP contribution < -0.4 is 16.2 Å². The topological polar surface area (TPSA) is 100 Å². The molecule has 0 saturated heterocycles. The number of hydrogen-bond donors (Lipinski definition) is 3. The lowest BCUT2D eigenvalue weighted by atomic mass is 10.2. The minimum Gasteiger partial charge on any atom is -0.467 e. The molecule has 1 heterocycles. The number of carbonyl (C=O) groups is 3. The van der Waals surface area contributed by atoms with Gasteiger partial charge in [-0.2, -0.15) is 0 Å². The Morgan fingerprint density at radius 2 is 1.79 bits per heavy atom.